The van der Waals surface area contributed by atoms with Gasteiger partial charge in [0.15, 0.2) is 0 Å². The lowest BCUT2D eigenvalue weighted by Gasteiger charge is -2.36. The second kappa shape index (κ2) is 5.64. The molecule has 1 aromatic carbocycles. The second-order valence-corrected chi connectivity index (χ2v) is 6.96. The highest BCUT2D eigenvalue weighted by Crippen LogP contribution is 2.35. The summed E-state index contributed by atoms with van der Waals surface area (Å²) in [5.41, 5.74) is 0.701. The Morgan fingerprint density at radius 2 is 1.79 bits per heavy atom. The molecule has 2 heteroatoms. The Balaban J connectivity index is 1.85. The first-order chi connectivity index (χ1) is 8.89. The molecule has 0 aromatic heterocycles. The van der Waals surface area contributed by atoms with E-state index in [-0.39, 0.29) is 0 Å². The van der Waals surface area contributed by atoms with Crippen LogP contribution in [0, 0.1) is 5.41 Å². The van der Waals surface area contributed by atoms with Crippen LogP contribution < -0.4 is 5.32 Å². The molecule has 1 aliphatic carbocycles. The summed E-state index contributed by atoms with van der Waals surface area (Å²) in [6, 6.07) is 10.5. The highest BCUT2D eigenvalue weighted by molar-refractivity contribution is 5.21. The molecule has 1 saturated carbocycles. The van der Waals surface area contributed by atoms with E-state index in [2.05, 4.69) is 19.2 Å². The molecule has 2 nitrogen and oxygen atoms in total. The van der Waals surface area contributed by atoms with Gasteiger partial charge in [0.1, 0.15) is 0 Å². The van der Waals surface area contributed by atoms with Crippen molar-refractivity contribution in [3.05, 3.63) is 35.9 Å². The van der Waals surface area contributed by atoms with Gasteiger partial charge in [-0.3, -0.25) is 0 Å². The van der Waals surface area contributed by atoms with E-state index < -0.39 is 5.60 Å². The standard InChI is InChI=1S/C17H27NO/c1-16(2)11-9-15(10-12-16)18-13-17(3,19)14-7-5-4-6-8-14/h4-8,15,18-19H,9-13H2,1-3H3. The lowest BCUT2D eigenvalue weighted by atomic mass is 9.75. The molecule has 1 unspecified atom stereocenters. The number of benzene rings is 1. The molecule has 0 spiro atoms. The molecule has 0 bridgehead atoms. The summed E-state index contributed by atoms with van der Waals surface area (Å²) in [6.07, 6.45) is 4.99. The maximum atomic E-state index is 10.6. The molecule has 2 N–H and O–H groups in total. The monoisotopic (exact) mass is 261 g/mol. The van der Waals surface area contributed by atoms with Gasteiger partial charge in [0.05, 0.1) is 5.60 Å². The highest BCUT2D eigenvalue weighted by Gasteiger charge is 2.29. The van der Waals surface area contributed by atoms with Crippen LogP contribution in [0.2, 0.25) is 0 Å². The first kappa shape index (κ1) is 14.5. The Morgan fingerprint density at radius 1 is 1.21 bits per heavy atom. The molecule has 1 atom stereocenters. The molecule has 0 saturated heterocycles. The Labute approximate surface area is 117 Å². The molecule has 0 aliphatic heterocycles. The summed E-state index contributed by atoms with van der Waals surface area (Å²) in [5, 5.41) is 14.1. The van der Waals surface area contributed by atoms with Crippen LogP contribution in [0.3, 0.4) is 0 Å². The average molecular weight is 261 g/mol. The molecular formula is C17H27NO. The van der Waals surface area contributed by atoms with E-state index in [4.69, 9.17) is 0 Å². The Kier molecular flexibility index (Phi) is 4.32. The van der Waals surface area contributed by atoms with E-state index in [1.165, 1.54) is 25.7 Å². The van der Waals surface area contributed by atoms with Gasteiger partial charge in [-0.1, -0.05) is 44.2 Å². The van der Waals surface area contributed by atoms with Crippen molar-refractivity contribution in [1.29, 1.82) is 0 Å². The smallest absolute Gasteiger partial charge is 0.0992 e. The summed E-state index contributed by atoms with van der Waals surface area (Å²) in [5.74, 6) is 0. The predicted molar refractivity (Wildman–Crippen MR) is 80.1 cm³/mol. The lowest BCUT2D eigenvalue weighted by Crippen LogP contribution is -2.43. The first-order valence-corrected chi connectivity index (χ1v) is 7.40. The third-order valence-corrected chi connectivity index (χ3v) is 4.47. The van der Waals surface area contributed by atoms with Crippen LogP contribution in [0.1, 0.15) is 52.0 Å². The summed E-state index contributed by atoms with van der Waals surface area (Å²) in [7, 11) is 0. The average Bonchev–Trinajstić information content (AvgIpc) is 2.39. The van der Waals surface area contributed by atoms with E-state index in [0.717, 1.165) is 5.56 Å². The topological polar surface area (TPSA) is 32.3 Å². The van der Waals surface area contributed by atoms with Crippen LogP contribution in [0.25, 0.3) is 0 Å². The number of hydrogen-bond acceptors (Lipinski definition) is 2. The molecule has 0 amide bonds. The summed E-state index contributed by atoms with van der Waals surface area (Å²) in [4.78, 5) is 0. The van der Waals surface area contributed by atoms with Crippen molar-refractivity contribution < 1.29 is 5.11 Å². The molecule has 1 aliphatic rings. The van der Waals surface area contributed by atoms with Crippen molar-refractivity contribution in [2.24, 2.45) is 5.41 Å². The van der Waals surface area contributed by atoms with Gasteiger partial charge in [-0.05, 0) is 43.6 Å². The Morgan fingerprint density at radius 3 is 2.37 bits per heavy atom. The van der Waals surface area contributed by atoms with E-state index in [9.17, 15) is 5.11 Å². The number of aliphatic hydroxyl groups is 1. The van der Waals surface area contributed by atoms with Crippen LogP contribution in [0.4, 0.5) is 0 Å². The van der Waals surface area contributed by atoms with Crippen LogP contribution in [-0.2, 0) is 5.60 Å². The van der Waals surface area contributed by atoms with Crippen molar-refractivity contribution in [2.45, 2.75) is 58.1 Å². The van der Waals surface area contributed by atoms with E-state index in [1.807, 2.05) is 37.3 Å². The SMILES string of the molecule is CC1(C)CCC(NCC(C)(O)c2ccccc2)CC1. The fraction of sp³-hybridized carbons (Fsp3) is 0.647. The van der Waals surface area contributed by atoms with Crippen LogP contribution in [-0.4, -0.2) is 17.7 Å². The predicted octanol–water partition coefficient (Wildman–Crippen LogP) is 3.45. The summed E-state index contributed by atoms with van der Waals surface area (Å²) >= 11 is 0. The quantitative estimate of drug-likeness (QED) is 0.870. The maximum Gasteiger partial charge on any atom is 0.0992 e. The van der Waals surface area contributed by atoms with Gasteiger partial charge in [0, 0.05) is 12.6 Å². The van der Waals surface area contributed by atoms with Crippen LogP contribution in [0.15, 0.2) is 30.3 Å². The van der Waals surface area contributed by atoms with E-state index >= 15 is 0 Å². The largest absolute Gasteiger partial charge is 0.384 e. The minimum absolute atomic E-state index is 0.500. The maximum absolute atomic E-state index is 10.6. The Bertz CT molecular complexity index is 387. The van der Waals surface area contributed by atoms with Crippen molar-refractivity contribution in [2.75, 3.05) is 6.54 Å². The molecule has 106 valence electrons. The normalized spacial score (nSPS) is 22.9. The van der Waals surface area contributed by atoms with E-state index in [1.54, 1.807) is 0 Å². The number of nitrogens with one attached hydrogen (secondary N) is 1. The van der Waals surface area contributed by atoms with Crippen molar-refractivity contribution in [3.63, 3.8) is 0 Å². The lowest BCUT2D eigenvalue weighted by molar-refractivity contribution is 0.0499. The van der Waals surface area contributed by atoms with Crippen molar-refractivity contribution in [1.82, 2.24) is 5.32 Å². The molecule has 0 radical (unpaired) electrons. The molecule has 1 fully saturated rings. The fourth-order valence-electron chi connectivity index (χ4n) is 2.85. The molecular weight excluding hydrogens is 234 g/mol. The van der Waals surface area contributed by atoms with Crippen LogP contribution in [0.5, 0.6) is 0 Å². The summed E-state index contributed by atoms with van der Waals surface area (Å²) < 4.78 is 0. The minimum atomic E-state index is -0.784. The van der Waals surface area contributed by atoms with Gasteiger partial charge in [0.25, 0.3) is 0 Å². The first-order valence-electron chi connectivity index (χ1n) is 7.40. The molecule has 1 aromatic rings. The zero-order valence-electron chi connectivity index (χ0n) is 12.4. The molecule has 19 heavy (non-hydrogen) atoms. The number of hydrogen-bond donors (Lipinski definition) is 2. The Hall–Kier alpha value is -0.860. The third-order valence-electron chi connectivity index (χ3n) is 4.47. The number of rotatable bonds is 4. The zero-order valence-corrected chi connectivity index (χ0v) is 12.4. The van der Waals surface area contributed by atoms with Gasteiger partial charge in [-0.15, -0.1) is 0 Å². The van der Waals surface area contributed by atoms with Gasteiger partial charge >= 0.3 is 0 Å². The van der Waals surface area contributed by atoms with Crippen molar-refractivity contribution >= 4 is 0 Å². The van der Waals surface area contributed by atoms with Gasteiger partial charge in [-0.25, -0.2) is 0 Å². The molecule has 0 heterocycles. The van der Waals surface area contributed by atoms with Crippen LogP contribution >= 0.6 is 0 Å². The van der Waals surface area contributed by atoms with E-state index in [0.29, 0.717) is 18.0 Å². The van der Waals surface area contributed by atoms with Crippen molar-refractivity contribution in [3.8, 4) is 0 Å². The highest BCUT2D eigenvalue weighted by atomic mass is 16.3. The fourth-order valence-corrected chi connectivity index (χ4v) is 2.85. The van der Waals surface area contributed by atoms with Gasteiger partial charge in [0.2, 0.25) is 0 Å². The molecule has 2 rings (SSSR count). The minimum Gasteiger partial charge on any atom is -0.384 e. The zero-order chi connectivity index (χ0) is 13.9. The third kappa shape index (κ3) is 4.05. The summed E-state index contributed by atoms with van der Waals surface area (Å²) in [6.45, 7) is 7.22. The second-order valence-electron chi connectivity index (χ2n) is 6.96. The van der Waals surface area contributed by atoms with Gasteiger partial charge < -0.3 is 10.4 Å². The van der Waals surface area contributed by atoms with Gasteiger partial charge in [-0.2, -0.15) is 0 Å².